The maximum absolute atomic E-state index is 12.9. The lowest BCUT2D eigenvalue weighted by atomic mass is 10.1. The summed E-state index contributed by atoms with van der Waals surface area (Å²) in [5.74, 6) is -3.57. The molecule has 1 aliphatic heterocycles. The molecule has 0 aromatic heterocycles. The molecule has 1 aliphatic rings. The van der Waals surface area contributed by atoms with Crippen LogP contribution in [0.5, 0.6) is 0 Å². The molecular weight excluding hydrogens is 402 g/mol. The Hall–Kier alpha value is -3.10. The van der Waals surface area contributed by atoms with Crippen molar-refractivity contribution in [2.24, 2.45) is 10.9 Å². The summed E-state index contributed by atoms with van der Waals surface area (Å²) >= 11 is 11.0. The van der Waals surface area contributed by atoms with Crippen molar-refractivity contribution >= 4 is 64.3 Å². The van der Waals surface area contributed by atoms with Crippen molar-refractivity contribution in [2.75, 3.05) is 4.90 Å². The van der Waals surface area contributed by atoms with Gasteiger partial charge in [-0.25, -0.2) is 4.79 Å². The number of aliphatic imine (C=N–C) groups is 1. The molecule has 0 spiro atoms. The van der Waals surface area contributed by atoms with E-state index in [2.05, 4.69) is 10.3 Å². The maximum atomic E-state index is 12.9. The average molecular weight is 416 g/mol. The third-order valence-corrected chi connectivity index (χ3v) is 4.66. The number of nitrogens with one attached hydrogen (secondary N) is 1. The summed E-state index contributed by atoms with van der Waals surface area (Å²) in [6.07, 6.45) is 1.16. The Balaban J connectivity index is 1.89. The van der Waals surface area contributed by atoms with Gasteiger partial charge in [-0.05, 0) is 49.5 Å². The molecule has 0 aliphatic carbocycles. The van der Waals surface area contributed by atoms with Gasteiger partial charge in [-0.1, -0.05) is 29.3 Å². The van der Waals surface area contributed by atoms with Gasteiger partial charge in [-0.15, -0.1) is 0 Å². The Morgan fingerprint density at radius 3 is 2.57 bits per heavy atom. The second-order valence-electron chi connectivity index (χ2n) is 6.03. The van der Waals surface area contributed by atoms with Crippen LogP contribution in [-0.2, 0) is 9.59 Å². The number of carboxylic acid groups (broad SMARTS) is 1. The summed E-state index contributed by atoms with van der Waals surface area (Å²) in [6.45, 7) is 1.91. The number of aromatic carboxylic acids is 1. The lowest BCUT2D eigenvalue weighted by Crippen LogP contribution is -2.58. The SMILES string of the molecule is Cc1ccc(N2C(=O)[C@H](C=Nc3ccc(Cl)c(C(=O)O)c3)C(=O)NC2=S)cc1. The van der Waals surface area contributed by atoms with Crippen molar-refractivity contribution in [3.05, 3.63) is 58.6 Å². The molecule has 1 heterocycles. The standard InChI is InChI=1S/C19H14ClN3O4S/c1-10-2-5-12(6-3-10)23-17(25)14(16(24)22-19(23)28)9-21-11-4-7-15(20)13(8-11)18(26)27/h2-9,14H,1H3,(H,26,27)(H,22,24,28)/t14-/m1/s1. The third-order valence-electron chi connectivity index (χ3n) is 4.05. The lowest BCUT2D eigenvalue weighted by molar-refractivity contribution is -0.130. The third kappa shape index (κ3) is 3.92. The van der Waals surface area contributed by atoms with Gasteiger partial charge in [0.05, 0.1) is 22.0 Å². The van der Waals surface area contributed by atoms with Gasteiger partial charge in [0.1, 0.15) is 0 Å². The van der Waals surface area contributed by atoms with Gasteiger partial charge >= 0.3 is 5.97 Å². The first-order valence-electron chi connectivity index (χ1n) is 8.10. The topological polar surface area (TPSA) is 99.1 Å². The van der Waals surface area contributed by atoms with Crippen LogP contribution in [0.2, 0.25) is 5.02 Å². The average Bonchev–Trinajstić information content (AvgIpc) is 2.63. The van der Waals surface area contributed by atoms with E-state index in [4.69, 9.17) is 28.9 Å². The summed E-state index contributed by atoms with van der Waals surface area (Å²) in [7, 11) is 0. The summed E-state index contributed by atoms with van der Waals surface area (Å²) in [5.41, 5.74) is 1.66. The van der Waals surface area contributed by atoms with E-state index in [1.807, 2.05) is 19.1 Å². The van der Waals surface area contributed by atoms with Gasteiger partial charge < -0.3 is 10.4 Å². The highest BCUT2D eigenvalue weighted by Crippen LogP contribution is 2.24. The van der Waals surface area contributed by atoms with Crippen LogP contribution >= 0.6 is 23.8 Å². The quantitative estimate of drug-likeness (QED) is 0.454. The van der Waals surface area contributed by atoms with E-state index in [1.165, 1.54) is 23.1 Å². The Morgan fingerprint density at radius 1 is 1.25 bits per heavy atom. The van der Waals surface area contributed by atoms with Crippen LogP contribution in [0.15, 0.2) is 47.5 Å². The van der Waals surface area contributed by atoms with E-state index >= 15 is 0 Å². The van der Waals surface area contributed by atoms with Crippen molar-refractivity contribution in [1.82, 2.24) is 5.32 Å². The molecule has 1 saturated heterocycles. The second kappa shape index (κ2) is 7.87. The number of carbonyl (C=O) groups is 3. The highest BCUT2D eigenvalue weighted by Gasteiger charge is 2.38. The first-order chi connectivity index (χ1) is 13.3. The van der Waals surface area contributed by atoms with Crippen molar-refractivity contribution < 1.29 is 19.5 Å². The van der Waals surface area contributed by atoms with E-state index in [0.29, 0.717) is 5.69 Å². The highest BCUT2D eigenvalue weighted by molar-refractivity contribution is 7.80. The van der Waals surface area contributed by atoms with E-state index in [0.717, 1.165) is 11.8 Å². The molecule has 28 heavy (non-hydrogen) atoms. The molecule has 142 valence electrons. The van der Waals surface area contributed by atoms with Gasteiger partial charge in [0, 0.05) is 6.21 Å². The Labute approximate surface area is 170 Å². The van der Waals surface area contributed by atoms with E-state index in [9.17, 15) is 14.4 Å². The molecule has 0 unspecified atom stereocenters. The number of halogens is 1. The molecule has 1 atom stereocenters. The zero-order valence-electron chi connectivity index (χ0n) is 14.5. The minimum Gasteiger partial charge on any atom is -0.478 e. The monoisotopic (exact) mass is 415 g/mol. The normalized spacial score (nSPS) is 17.1. The Morgan fingerprint density at radius 2 is 1.93 bits per heavy atom. The fourth-order valence-corrected chi connectivity index (χ4v) is 3.07. The minimum absolute atomic E-state index is 0.0110. The number of rotatable bonds is 4. The van der Waals surface area contributed by atoms with Crippen LogP contribution in [-0.4, -0.2) is 34.2 Å². The smallest absolute Gasteiger partial charge is 0.337 e. The number of carboxylic acids is 1. The predicted molar refractivity (Wildman–Crippen MR) is 109 cm³/mol. The maximum Gasteiger partial charge on any atom is 0.337 e. The zero-order chi connectivity index (χ0) is 20.4. The number of nitrogens with zero attached hydrogens (tertiary/aromatic N) is 2. The number of aryl methyl sites for hydroxylation is 1. The Bertz CT molecular complexity index is 1020. The number of hydrogen-bond acceptors (Lipinski definition) is 5. The molecule has 0 saturated carbocycles. The van der Waals surface area contributed by atoms with E-state index in [1.54, 1.807) is 12.1 Å². The number of anilines is 1. The van der Waals surface area contributed by atoms with Crippen molar-refractivity contribution in [1.29, 1.82) is 0 Å². The summed E-state index contributed by atoms with van der Waals surface area (Å²) in [5, 5.41) is 11.7. The fraction of sp³-hybridized carbons (Fsp3) is 0.105. The number of carbonyl (C=O) groups excluding carboxylic acids is 2. The van der Waals surface area contributed by atoms with E-state index < -0.39 is 23.7 Å². The molecule has 9 heteroatoms. The Kier molecular flexibility index (Phi) is 5.53. The van der Waals surface area contributed by atoms with Crippen LogP contribution in [0.25, 0.3) is 0 Å². The lowest BCUT2D eigenvalue weighted by Gasteiger charge is -2.30. The van der Waals surface area contributed by atoms with Crippen LogP contribution < -0.4 is 10.2 Å². The summed E-state index contributed by atoms with van der Waals surface area (Å²) in [6, 6.07) is 11.2. The summed E-state index contributed by atoms with van der Waals surface area (Å²) < 4.78 is 0. The molecule has 0 bridgehead atoms. The number of benzene rings is 2. The van der Waals surface area contributed by atoms with Gasteiger partial charge in [0.2, 0.25) is 5.91 Å². The molecule has 2 aromatic rings. The van der Waals surface area contributed by atoms with Crippen molar-refractivity contribution in [2.45, 2.75) is 6.92 Å². The van der Waals surface area contributed by atoms with Crippen LogP contribution in [0.3, 0.4) is 0 Å². The molecule has 2 aromatic carbocycles. The number of hydrogen-bond donors (Lipinski definition) is 2. The molecule has 2 N–H and O–H groups in total. The molecule has 3 rings (SSSR count). The van der Waals surface area contributed by atoms with Gasteiger partial charge in [0.15, 0.2) is 11.0 Å². The van der Waals surface area contributed by atoms with Crippen LogP contribution in [0.1, 0.15) is 15.9 Å². The molecule has 2 amide bonds. The molecule has 1 fully saturated rings. The highest BCUT2D eigenvalue weighted by atomic mass is 35.5. The minimum atomic E-state index is -1.21. The molecular formula is C19H14ClN3O4S. The number of thiocarbonyl (C=S) groups is 1. The van der Waals surface area contributed by atoms with Gasteiger partial charge in [-0.2, -0.15) is 0 Å². The van der Waals surface area contributed by atoms with Gasteiger partial charge in [0.25, 0.3) is 5.91 Å². The molecule has 7 nitrogen and oxygen atoms in total. The fourth-order valence-electron chi connectivity index (χ4n) is 2.58. The number of amides is 2. The van der Waals surface area contributed by atoms with Crippen molar-refractivity contribution in [3.63, 3.8) is 0 Å². The van der Waals surface area contributed by atoms with E-state index in [-0.39, 0.29) is 21.4 Å². The molecule has 0 radical (unpaired) electrons. The first kappa shape index (κ1) is 19.7. The second-order valence-corrected chi connectivity index (χ2v) is 6.82. The zero-order valence-corrected chi connectivity index (χ0v) is 16.1. The largest absolute Gasteiger partial charge is 0.478 e. The van der Waals surface area contributed by atoms with Gasteiger partial charge in [-0.3, -0.25) is 19.5 Å². The summed E-state index contributed by atoms with van der Waals surface area (Å²) in [4.78, 5) is 41.6. The van der Waals surface area contributed by atoms with Crippen LogP contribution in [0, 0.1) is 12.8 Å². The predicted octanol–water partition coefficient (Wildman–Crippen LogP) is 3.11. The van der Waals surface area contributed by atoms with Crippen molar-refractivity contribution in [3.8, 4) is 0 Å². The first-order valence-corrected chi connectivity index (χ1v) is 8.89. The van der Waals surface area contributed by atoms with Crippen LogP contribution in [0.4, 0.5) is 11.4 Å².